The second-order valence-corrected chi connectivity index (χ2v) is 6.95. The van der Waals surface area contributed by atoms with E-state index in [1.807, 2.05) is 36.4 Å². The fourth-order valence-electron chi connectivity index (χ4n) is 2.76. The van der Waals surface area contributed by atoms with Crippen LogP contribution in [0.4, 0.5) is 17.1 Å². The van der Waals surface area contributed by atoms with Crippen LogP contribution in [0.5, 0.6) is 0 Å². The molecule has 1 heterocycles. The van der Waals surface area contributed by atoms with E-state index in [4.69, 9.17) is 4.74 Å². The summed E-state index contributed by atoms with van der Waals surface area (Å²) in [7, 11) is 0. The first-order valence-corrected chi connectivity index (χ1v) is 8.93. The quantitative estimate of drug-likeness (QED) is 0.785. The van der Waals surface area contributed by atoms with Crippen LogP contribution in [-0.2, 0) is 9.53 Å². The van der Waals surface area contributed by atoms with Gasteiger partial charge in [0.05, 0.1) is 0 Å². The summed E-state index contributed by atoms with van der Waals surface area (Å²) < 4.78 is 6.36. The fourth-order valence-corrected chi connectivity index (χ4v) is 3.24. The number of hydrogen-bond donors (Lipinski definition) is 2. The molecule has 3 rings (SSSR count). The van der Waals surface area contributed by atoms with Gasteiger partial charge in [0.2, 0.25) is 5.91 Å². The first kappa shape index (κ1) is 17.0. The summed E-state index contributed by atoms with van der Waals surface area (Å²) in [5, 5.41) is 6.39. The molecule has 0 saturated carbocycles. The maximum absolute atomic E-state index is 12.2. The lowest BCUT2D eigenvalue weighted by molar-refractivity contribution is -0.122. The topological polar surface area (TPSA) is 50.4 Å². The maximum Gasteiger partial charge on any atom is 0.227 e. The third-order valence-electron chi connectivity index (χ3n) is 4.21. The van der Waals surface area contributed by atoms with Crippen molar-refractivity contribution in [1.82, 2.24) is 0 Å². The normalized spacial score (nSPS) is 15.1. The molecule has 24 heavy (non-hydrogen) atoms. The van der Waals surface area contributed by atoms with Gasteiger partial charge < -0.3 is 15.4 Å². The van der Waals surface area contributed by atoms with Gasteiger partial charge in [-0.2, -0.15) is 0 Å². The molecule has 2 aromatic rings. The summed E-state index contributed by atoms with van der Waals surface area (Å²) in [6, 6.07) is 13.9. The highest BCUT2D eigenvalue weighted by atomic mass is 79.9. The van der Waals surface area contributed by atoms with Gasteiger partial charge in [0.25, 0.3) is 0 Å². The number of ether oxygens (including phenoxy) is 1. The van der Waals surface area contributed by atoms with Gasteiger partial charge in [-0.15, -0.1) is 0 Å². The number of carbonyl (C=O) groups is 1. The molecular formula is C19H21BrN2O2. The molecule has 0 atom stereocenters. The molecular weight excluding hydrogens is 368 g/mol. The van der Waals surface area contributed by atoms with Gasteiger partial charge in [0, 0.05) is 40.7 Å². The predicted molar refractivity (Wildman–Crippen MR) is 101 cm³/mol. The number of aryl methyl sites for hydroxylation is 1. The van der Waals surface area contributed by atoms with Crippen LogP contribution in [0, 0.1) is 12.8 Å². The van der Waals surface area contributed by atoms with Crippen molar-refractivity contribution in [1.29, 1.82) is 0 Å². The number of halogens is 1. The average molecular weight is 389 g/mol. The molecule has 0 unspecified atom stereocenters. The summed E-state index contributed by atoms with van der Waals surface area (Å²) in [5.41, 5.74) is 4.05. The van der Waals surface area contributed by atoms with Crippen LogP contribution in [0.25, 0.3) is 0 Å². The van der Waals surface area contributed by atoms with Crippen molar-refractivity contribution in [3.8, 4) is 0 Å². The Labute approximate surface area is 150 Å². The number of nitrogens with one attached hydrogen (secondary N) is 2. The first-order chi connectivity index (χ1) is 11.6. The Morgan fingerprint density at radius 3 is 2.42 bits per heavy atom. The molecule has 2 aromatic carbocycles. The largest absolute Gasteiger partial charge is 0.381 e. The van der Waals surface area contributed by atoms with Crippen molar-refractivity contribution >= 4 is 38.9 Å². The predicted octanol–water partition coefficient (Wildman–Crippen LogP) is 4.87. The van der Waals surface area contributed by atoms with E-state index < -0.39 is 0 Å². The van der Waals surface area contributed by atoms with E-state index in [0.29, 0.717) is 13.2 Å². The van der Waals surface area contributed by atoms with Crippen LogP contribution in [0.2, 0.25) is 0 Å². The lowest BCUT2D eigenvalue weighted by Crippen LogP contribution is -2.28. The van der Waals surface area contributed by atoms with Gasteiger partial charge in [0.15, 0.2) is 0 Å². The Morgan fingerprint density at radius 1 is 1.08 bits per heavy atom. The van der Waals surface area contributed by atoms with E-state index in [-0.39, 0.29) is 11.8 Å². The third-order valence-corrected chi connectivity index (χ3v) is 4.71. The number of amides is 1. The minimum atomic E-state index is 0.0574. The third kappa shape index (κ3) is 4.36. The van der Waals surface area contributed by atoms with Gasteiger partial charge in [-0.1, -0.05) is 15.9 Å². The van der Waals surface area contributed by atoms with Crippen LogP contribution in [0.3, 0.4) is 0 Å². The molecule has 1 aliphatic heterocycles. The highest BCUT2D eigenvalue weighted by molar-refractivity contribution is 9.10. The van der Waals surface area contributed by atoms with Crippen LogP contribution in [0.1, 0.15) is 18.4 Å². The van der Waals surface area contributed by atoms with Crippen molar-refractivity contribution in [2.45, 2.75) is 19.8 Å². The smallest absolute Gasteiger partial charge is 0.227 e. The van der Waals surface area contributed by atoms with Crippen molar-refractivity contribution in [2.24, 2.45) is 5.92 Å². The van der Waals surface area contributed by atoms with E-state index in [9.17, 15) is 4.79 Å². The molecule has 1 saturated heterocycles. The summed E-state index contributed by atoms with van der Waals surface area (Å²) in [6.07, 6.45) is 1.60. The van der Waals surface area contributed by atoms with Gasteiger partial charge in [0.1, 0.15) is 0 Å². The minimum Gasteiger partial charge on any atom is -0.381 e. The fraction of sp³-hybridized carbons (Fsp3) is 0.316. The van der Waals surface area contributed by atoms with Gasteiger partial charge in [-0.05, 0) is 67.8 Å². The Bertz CT molecular complexity index is 710. The molecule has 2 N–H and O–H groups in total. The summed E-state index contributed by atoms with van der Waals surface area (Å²) >= 11 is 3.47. The molecule has 1 amide bonds. The molecule has 0 spiro atoms. The van der Waals surface area contributed by atoms with E-state index >= 15 is 0 Å². The number of carbonyl (C=O) groups excluding carboxylic acids is 1. The Hall–Kier alpha value is -1.85. The SMILES string of the molecule is Cc1cc(Br)ccc1Nc1ccc(NC(=O)C2CCOCC2)cc1. The molecule has 1 aliphatic rings. The van der Waals surface area contributed by atoms with Gasteiger partial charge >= 0.3 is 0 Å². The lowest BCUT2D eigenvalue weighted by atomic mass is 9.99. The Morgan fingerprint density at radius 2 is 1.75 bits per heavy atom. The minimum absolute atomic E-state index is 0.0574. The number of hydrogen-bond acceptors (Lipinski definition) is 3. The zero-order valence-corrected chi connectivity index (χ0v) is 15.2. The molecule has 1 fully saturated rings. The van der Waals surface area contributed by atoms with E-state index in [1.54, 1.807) is 0 Å². The van der Waals surface area contributed by atoms with E-state index in [1.165, 1.54) is 5.56 Å². The summed E-state index contributed by atoms with van der Waals surface area (Å²) in [4.78, 5) is 12.2. The van der Waals surface area contributed by atoms with Gasteiger partial charge in [-0.25, -0.2) is 0 Å². The van der Waals surface area contributed by atoms with Crippen LogP contribution in [-0.4, -0.2) is 19.1 Å². The maximum atomic E-state index is 12.2. The Kier molecular flexibility index (Phi) is 5.53. The number of rotatable bonds is 4. The van der Waals surface area contributed by atoms with Crippen molar-refractivity contribution in [2.75, 3.05) is 23.8 Å². The second-order valence-electron chi connectivity index (χ2n) is 6.04. The molecule has 0 aliphatic carbocycles. The molecule has 0 aromatic heterocycles. The van der Waals surface area contributed by atoms with Crippen LogP contribution >= 0.6 is 15.9 Å². The summed E-state index contributed by atoms with van der Waals surface area (Å²) in [6.45, 7) is 3.41. The Balaban J connectivity index is 1.61. The zero-order valence-electron chi connectivity index (χ0n) is 13.6. The molecule has 0 radical (unpaired) electrons. The van der Waals surface area contributed by atoms with Crippen molar-refractivity contribution in [3.63, 3.8) is 0 Å². The molecule has 126 valence electrons. The lowest BCUT2D eigenvalue weighted by Gasteiger charge is -2.21. The highest BCUT2D eigenvalue weighted by Crippen LogP contribution is 2.25. The van der Waals surface area contributed by atoms with E-state index in [0.717, 1.165) is 34.4 Å². The monoisotopic (exact) mass is 388 g/mol. The summed E-state index contributed by atoms with van der Waals surface area (Å²) in [5.74, 6) is 0.143. The van der Waals surface area contributed by atoms with Crippen molar-refractivity contribution in [3.05, 3.63) is 52.5 Å². The number of benzene rings is 2. The molecule has 5 heteroatoms. The van der Waals surface area contributed by atoms with Crippen molar-refractivity contribution < 1.29 is 9.53 Å². The van der Waals surface area contributed by atoms with Crippen LogP contribution < -0.4 is 10.6 Å². The highest BCUT2D eigenvalue weighted by Gasteiger charge is 2.21. The standard InChI is InChI=1S/C19H21BrN2O2/c1-13-12-15(20)2-7-18(13)21-16-3-5-17(6-4-16)22-19(23)14-8-10-24-11-9-14/h2-7,12,14,21H,8-11H2,1H3,(H,22,23). The molecule has 0 bridgehead atoms. The van der Waals surface area contributed by atoms with Crippen LogP contribution in [0.15, 0.2) is 46.9 Å². The van der Waals surface area contributed by atoms with E-state index in [2.05, 4.69) is 39.6 Å². The molecule has 4 nitrogen and oxygen atoms in total. The van der Waals surface area contributed by atoms with Gasteiger partial charge in [-0.3, -0.25) is 4.79 Å². The zero-order chi connectivity index (χ0) is 16.9. The number of anilines is 3. The average Bonchev–Trinajstić information content (AvgIpc) is 2.60. The second kappa shape index (κ2) is 7.81. The first-order valence-electron chi connectivity index (χ1n) is 8.14.